The molecule has 2 saturated heterocycles. The smallest absolute Gasteiger partial charge is 0.256 e. The van der Waals surface area contributed by atoms with Gasteiger partial charge < -0.3 is 39.9 Å². The van der Waals surface area contributed by atoms with Gasteiger partial charge in [0.2, 0.25) is 5.95 Å². The number of aliphatic hydroxyl groups excluding tert-OH is 1. The summed E-state index contributed by atoms with van der Waals surface area (Å²) in [4.78, 5) is 28.4. The van der Waals surface area contributed by atoms with Crippen molar-refractivity contribution in [1.82, 2.24) is 14.9 Å². The minimum Gasteiger partial charge on any atom is -0.494 e. The van der Waals surface area contributed by atoms with Gasteiger partial charge in [0.1, 0.15) is 10.8 Å². The zero-order valence-corrected chi connectivity index (χ0v) is 23.9. The van der Waals surface area contributed by atoms with Gasteiger partial charge in [0.05, 0.1) is 49.6 Å². The zero-order valence-electron chi connectivity index (χ0n) is 23.2. The topological polar surface area (TPSA) is 115 Å². The number of nitrogens with one attached hydrogen (secondary N) is 2. The highest BCUT2D eigenvalue weighted by atomic mass is 35.5. The van der Waals surface area contributed by atoms with Crippen LogP contribution in [0.25, 0.3) is 0 Å². The third-order valence-corrected chi connectivity index (χ3v) is 8.13. The van der Waals surface area contributed by atoms with Crippen LogP contribution in [0.5, 0.6) is 5.75 Å². The number of amides is 1. The summed E-state index contributed by atoms with van der Waals surface area (Å²) in [5.41, 5.74) is 5.01. The number of methoxy groups -OCH3 is 1. The number of carbonyl (C=O) groups excluding carboxylic acids is 1. The second-order valence-electron chi connectivity index (χ2n) is 10.5. The van der Waals surface area contributed by atoms with Gasteiger partial charge in [-0.25, -0.2) is 4.98 Å². The molecule has 4 heterocycles. The maximum absolute atomic E-state index is 13.2. The Hall–Kier alpha value is -3.80. The van der Waals surface area contributed by atoms with Crippen molar-refractivity contribution in [3.8, 4) is 5.75 Å². The number of piperidine rings is 1. The normalized spacial score (nSPS) is 17.6. The van der Waals surface area contributed by atoms with Gasteiger partial charge >= 0.3 is 0 Å². The van der Waals surface area contributed by atoms with E-state index in [1.54, 1.807) is 19.1 Å². The van der Waals surface area contributed by atoms with Crippen LogP contribution < -0.4 is 25.2 Å². The Morgan fingerprint density at radius 2 is 1.80 bits per heavy atom. The van der Waals surface area contributed by atoms with Gasteiger partial charge in [0.15, 0.2) is 5.82 Å². The highest BCUT2D eigenvalue weighted by molar-refractivity contribution is 6.33. The molecule has 3 aliphatic rings. The van der Waals surface area contributed by atoms with E-state index >= 15 is 0 Å². The van der Waals surface area contributed by atoms with Crippen molar-refractivity contribution in [2.75, 3.05) is 74.0 Å². The summed E-state index contributed by atoms with van der Waals surface area (Å²) >= 11 is 6.51. The molecule has 3 aromatic rings. The molecule has 0 bridgehead atoms. The maximum atomic E-state index is 13.2. The molecular weight excluding hydrogens is 546 g/mol. The highest BCUT2D eigenvalue weighted by Crippen LogP contribution is 2.39. The molecule has 2 fully saturated rings. The Bertz CT molecular complexity index is 1440. The van der Waals surface area contributed by atoms with Crippen molar-refractivity contribution in [2.45, 2.75) is 25.5 Å². The number of halogens is 1. The average molecular weight is 580 g/mol. The first-order chi connectivity index (χ1) is 19.9. The molecule has 11 nitrogen and oxygen atoms in total. The van der Waals surface area contributed by atoms with Crippen molar-refractivity contribution in [1.29, 1.82) is 0 Å². The summed E-state index contributed by atoms with van der Waals surface area (Å²) in [7, 11) is 3.43. The monoisotopic (exact) mass is 579 g/mol. The summed E-state index contributed by atoms with van der Waals surface area (Å²) in [6.45, 7) is 5.08. The number of hydrogen-bond donors (Lipinski definition) is 3. The number of ether oxygens (including phenoxy) is 2. The molecule has 0 radical (unpaired) electrons. The number of morpholine rings is 1. The molecule has 0 saturated carbocycles. The molecule has 0 atom stereocenters. The predicted octanol–water partition coefficient (Wildman–Crippen LogP) is 4.01. The zero-order chi connectivity index (χ0) is 28.5. The first-order valence-electron chi connectivity index (χ1n) is 13.8. The van der Waals surface area contributed by atoms with E-state index < -0.39 is 0 Å². The van der Waals surface area contributed by atoms with Crippen LogP contribution in [0.4, 0.5) is 34.5 Å². The SMILES string of the molecule is COc1cc(N2CCOCC2)ccc1Nc1ncc(Cl)c(Nc2ccc(N3CCC(O)CC3)c3c2C(=O)N(C)C3)n1. The van der Waals surface area contributed by atoms with Crippen molar-refractivity contribution in [3.05, 3.63) is 52.7 Å². The lowest BCUT2D eigenvalue weighted by Gasteiger charge is -2.33. The molecule has 6 rings (SSSR count). The van der Waals surface area contributed by atoms with E-state index in [0.717, 1.165) is 43.1 Å². The minimum atomic E-state index is -0.269. The Balaban J connectivity index is 1.26. The summed E-state index contributed by atoms with van der Waals surface area (Å²) in [5.74, 6) is 1.31. The van der Waals surface area contributed by atoms with Gasteiger partial charge in [0.25, 0.3) is 5.91 Å². The minimum absolute atomic E-state index is 0.0602. The van der Waals surface area contributed by atoms with E-state index in [-0.39, 0.29) is 12.0 Å². The first kappa shape index (κ1) is 27.4. The molecule has 41 heavy (non-hydrogen) atoms. The number of rotatable bonds is 7. The van der Waals surface area contributed by atoms with Crippen LogP contribution in [0.2, 0.25) is 5.02 Å². The predicted molar refractivity (Wildman–Crippen MR) is 159 cm³/mol. The van der Waals surface area contributed by atoms with Gasteiger partial charge in [-0.3, -0.25) is 4.79 Å². The van der Waals surface area contributed by atoms with E-state index in [1.807, 2.05) is 30.3 Å². The summed E-state index contributed by atoms with van der Waals surface area (Å²) in [6.07, 6.45) is 2.68. The number of fused-ring (bicyclic) bond motifs is 1. The highest BCUT2D eigenvalue weighted by Gasteiger charge is 2.32. The quantitative estimate of drug-likeness (QED) is 0.379. The second kappa shape index (κ2) is 11.6. The van der Waals surface area contributed by atoms with Crippen LogP contribution in [-0.4, -0.2) is 85.5 Å². The third-order valence-electron chi connectivity index (χ3n) is 7.85. The molecule has 0 unspecified atom stereocenters. The largest absolute Gasteiger partial charge is 0.494 e. The van der Waals surface area contributed by atoms with Gasteiger partial charge in [-0.2, -0.15) is 4.98 Å². The van der Waals surface area contributed by atoms with Gasteiger partial charge in [0, 0.05) is 62.8 Å². The number of aromatic nitrogens is 2. The van der Waals surface area contributed by atoms with Gasteiger partial charge in [-0.05, 0) is 37.1 Å². The van der Waals surface area contributed by atoms with E-state index in [9.17, 15) is 9.90 Å². The van der Waals surface area contributed by atoms with Gasteiger partial charge in [-0.1, -0.05) is 11.6 Å². The van der Waals surface area contributed by atoms with E-state index in [0.29, 0.717) is 72.1 Å². The third kappa shape index (κ3) is 5.57. The molecule has 3 aliphatic heterocycles. The number of nitrogens with zero attached hydrogens (tertiary/aromatic N) is 5. The fourth-order valence-electron chi connectivity index (χ4n) is 5.61. The lowest BCUT2D eigenvalue weighted by molar-refractivity contribution is 0.0817. The molecule has 1 amide bonds. The molecule has 2 aromatic carbocycles. The first-order valence-corrected chi connectivity index (χ1v) is 14.2. The van der Waals surface area contributed by atoms with Crippen molar-refractivity contribution in [2.24, 2.45) is 0 Å². The lowest BCUT2D eigenvalue weighted by atomic mass is 10.0. The molecule has 216 valence electrons. The van der Waals surface area contributed by atoms with E-state index in [2.05, 4.69) is 30.4 Å². The summed E-state index contributed by atoms with van der Waals surface area (Å²) < 4.78 is 11.1. The second-order valence-corrected chi connectivity index (χ2v) is 10.9. The number of carbonyl (C=O) groups is 1. The fourth-order valence-corrected chi connectivity index (χ4v) is 5.75. The van der Waals surface area contributed by atoms with E-state index in [1.165, 1.54) is 6.20 Å². The Morgan fingerprint density at radius 1 is 1.05 bits per heavy atom. The molecule has 12 heteroatoms. The van der Waals surface area contributed by atoms with Crippen LogP contribution in [-0.2, 0) is 11.3 Å². The number of hydrogen-bond acceptors (Lipinski definition) is 10. The Labute approximate surface area is 244 Å². The molecule has 0 aliphatic carbocycles. The van der Waals surface area contributed by atoms with Crippen LogP contribution in [0.1, 0.15) is 28.8 Å². The van der Waals surface area contributed by atoms with Crippen molar-refractivity contribution >= 4 is 52.0 Å². The number of aliphatic hydroxyl groups is 1. The average Bonchev–Trinajstić information content (AvgIpc) is 3.30. The molecule has 0 spiro atoms. The molecule has 1 aromatic heterocycles. The van der Waals surface area contributed by atoms with Crippen molar-refractivity contribution < 1.29 is 19.4 Å². The van der Waals surface area contributed by atoms with Crippen LogP contribution in [0, 0.1) is 0 Å². The van der Waals surface area contributed by atoms with Crippen LogP contribution in [0.3, 0.4) is 0 Å². The fraction of sp³-hybridized carbons (Fsp3) is 0.414. The lowest BCUT2D eigenvalue weighted by Crippen LogP contribution is -2.36. The van der Waals surface area contributed by atoms with Gasteiger partial charge in [-0.15, -0.1) is 0 Å². The summed E-state index contributed by atoms with van der Waals surface area (Å²) in [5, 5.41) is 16.8. The summed E-state index contributed by atoms with van der Waals surface area (Å²) in [6, 6.07) is 9.88. The maximum Gasteiger partial charge on any atom is 0.256 e. The number of benzene rings is 2. The standard InChI is InChI=1S/C29H34ClN7O4/c1-35-17-20-24(37-9-7-19(38)8-10-37)6-5-23(26(20)28(35)39)32-27-21(30)16-31-29(34-27)33-22-4-3-18(15-25(22)40-2)36-11-13-41-14-12-36/h3-6,15-16,19,38H,7-14,17H2,1-2H3,(H2,31,32,33,34). The molecular formula is C29H34ClN7O4. The molecule has 3 N–H and O–H groups in total. The van der Waals surface area contributed by atoms with Crippen molar-refractivity contribution in [3.63, 3.8) is 0 Å². The van der Waals surface area contributed by atoms with Crippen LogP contribution >= 0.6 is 11.6 Å². The number of anilines is 6. The van der Waals surface area contributed by atoms with E-state index in [4.69, 9.17) is 21.1 Å². The van der Waals surface area contributed by atoms with Crippen LogP contribution in [0.15, 0.2) is 36.5 Å². The Morgan fingerprint density at radius 3 is 2.56 bits per heavy atom. The Kier molecular flexibility index (Phi) is 7.74.